The molecule has 2 heteroatoms. The van der Waals surface area contributed by atoms with Gasteiger partial charge < -0.3 is 9.90 Å². The van der Waals surface area contributed by atoms with Crippen LogP contribution in [0.1, 0.15) is 60.3 Å². The van der Waals surface area contributed by atoms with Gasteiger partial charge in [0, 0.05) is 5.97 Å². The zero-order valence-electron chi connectivity index (χ0n) is 9.14. The van der Waals surface area contributed by atoms with Crippen molar-refractivity contribution in [2.45, 2.75) is 60.3 Å². The van der Waals surface area contributed by atoms with E-state index in [-0.39, 0.29) is 0 Å². The number of unbranched alkanes of at least 4 members (excludes halogenated alkanes) is 3. The maximum Gasteiger partial charge on any atom is 0.0383 e. The summed E-state index contributed by atoms with van der Waals surface area (Å²) in [6.07, 6.45) is 5.54. The van der Waals surface area contributed by atoms with Crippen molar-refractivity contribution in [2.24, 2.45) is 0 Å². The minimum absolute atomic E-state index is 0.972. The lowest BCUT2D eigenvalue weighted by Gasteiger charge is -1.86. The van der Waals surface area contributed by atoms with Crippen LogP contribution in [-0.4, -0.2) is 5.97 Å². The van der Waals surface area contributed by atoms with Gasteiger partial charge >= 0.3 is 0 Å². The zero-order valence-corrected chi connectivity index (χ0v) is 9.14. The summed E-state index contributed by atoms with van der Waals surface area (Å²) in [7, 11) is 0. The second-order valence-electron chi connectivity index (χ2n) is 2.20. The van der Waals surface area contributed by atoms with Crippen LogP contribution in [0.4, 0.5) is 0 Å². The predicted octanol–water partition coefficient (Wildman–Crippen LogP) is 2.37. The normalized spacial score (nSPS) is 7.08. The van der Waals surface area contributed by atoms with Crippen LogP contribution in [0, 0.1) is 0 Å². The Morgan fingerprint density at radius 2 is 1.25 bits per heavy atom. The molecule has 0 aromatic carbocycles. The summed E-state index contributed by atoms with van der Waals surface area (Å²) in [6.45, 7) is 9.44. The molecule has 0 amide bonds. The molecule has 12 heavy (non-hydrogen) atoms. The average Bonchev–Trinajstić information content (AvgIpc) is 2.04. The van der Waals surface area contributed by atoms with Crippen LogP contribution in [-0.2, 0) is 4.79 Å². The Morgan fingerprint density at radius 3 is 1.33 bits per heavy atom. The smallest absolute Gasteiger partial charge is 0.0383 e. The van der Waals surface area contributed by atoms with Crippen molar-refractivity contribution in [3.8, 4) is 0 Å². The molecule has 0 saturated carbocycles. The van der Waals surface area contributed by atoms with E-state index >= 15 is 0 Å². The fourth-order valence-electron chi connectivity index (χ4n) is 0.500. The number of carbonyl (C=O) groups excluding carboxylic acids is 1. The summed E-state index contributed by atoms with van der Waals surface area (Å²) < 4.78 is 0. The van der Waals surface area contributed by atoms with E-state index in [9.17, 15) is 0 Å². The summed E-state index contributed by atoms with van der Waals surface area (Å²) in [5.74, 6) is -1.08. The minimum Gasteiger partial charge on any atom is -0.550 e. The van der Waals surface area contributed by atoms with E-state index in [4.69, 9.17) is 9.90 Å². The third-order valence-corrected chi connectivity index (χ3v) is 0.957. The first-order valence-electron chi connectivity index (χ1n) is 4.82. The second-order valence-corrected chi connectivity index (χ2v) is 2.20. The van der Waals surface area contributed by atoms with Gasteiger partial charge in [0.2, 0.25) is 0 Å². The number of rotatable bonds is 3. The van der Waals surface area contributed by atoms with Gasteiger partial charge in [-0.1, -0.05) is 53.4 Å². The van der Waals surface area contributed by atoms with Crippen molar-refractivity contribution in [1.29, 1.82) is 0 Å². The summed E-state index contributed by atoms with van der Waals surface area (Å²) in [5.41, 5.74) is 0. The number of hydrogen-bond donors (Lipinski definition) is 0. The number of carboxylic acid groups (broad SMARTS) is 1. The van der Waals surface area contributed by atoms with Crippen LogP contribution in [0.5, 0.6) is 0 Å². The summed E-state index contributed by atoms with van der Waals surface area (Å²) in [4.78, 5) is 8.89. The maximum atomic E-state index is 8.89. The Hall–Kier alpha value is -0.530. The van der Waals surface area contributed by atoms with Crippen LogP contribution in [0.25, 0.3) is 0 Å². The van der Waals surface area contributed by atoms with Crippen molar-refractivity contribution in [1.82, 2.24) is 0 Å². The molecule has 0 aliphatic rings. The lowest BCUT2D eigenvalue weighted by atomic mass is 10.2. The van der Waals surface area contributed by atoms with Gasteiger partial charge in [0.25, 0.3) is 0 Å². The van der Waals surface area contributed by atoms with Gasteiger partial charge in [0.15, 0.2) is 0 Å². The molecule has 2 nitrogen and oxygen atoms in total. The molecule has 0 rings (SSSR count). The molecule has 76 valence electrons. The highest BCUT2D eigenvalue weighted by Crippen LogP contribution is 1.95. The Labute approximate surface area is 77.0 Å². The molecule has 0 aromatic rings. The fraction of sp³-hybridized carbons (Fsp3) is 0.900. The highest BCUT2D eigenvalue weighted by atomic mass is 16.4. The molecule has 0 fully saturated rings. The molecule has 0 heterocycles. The maximum absolute atomic E-state index is 8.89. The first-order chi connectivity index (χ1) is 5.65. The molecular weight excluding hydrogens is 152 g/mol. The Kier molecular flexibility index (Phi) is 32.8. The van der Waals surface area contributed by atoms with Gasteiger partial charge in [-0.15, -0.1) is 0 Å². The second kappa shape index (κ2) is 22.4. The van der Waals surface area contributed by atoms with Gasteiger partial charge in [-0.25, -0.2) is 0 Å². The van der Waals surface area contributed by atoms with Crippen LogP contribution < -0.4 is 5.11 Å². The first-order valence-corrected chi connectivity index (χ1v) is 4.82. The van der Waals surface area contributed by atoms with E-state index in [1.54, 1.807) is 0 Å². The molecule has 0 aliphatic heterocycles. The largest absolute Gasteiger partial charge is 0.550 e. The standard InChI is InChI=1S/C6H14.C2H4O2.C2H6/c1-3-5-6-4-2;1-2(3)4;1-2/h3-6H2,1-2H3;1H3,(H,3,4);1-2H3/p-1. The van der Waals surface area contributed by atoms with E-state index < -0.39 is 5.97 Å². The first kappa shape index (κ1) is 17.5. The number of hydrogen-bond acceptors (Lipinski definition) is 2. The molecule has 0 atom stereocenters. The fourth-order valence-corrected chi connectivity index (χ4v) is 0.500. The number of carboxylic acids is 1. The van der Waals surface area contributed by atoms with E-state index in [1.807, 2.05) is 13.8 Å². The zero-order chi connectivity index (χ0) is 10.4. The molecular formula is C10H23O2-. The highest BCUT2D eigenvalue weighted by molar-refractivity contribution is 5.60. The quantitative estimate of drug-likeness (QED) is 0.618. The molecule has 0 radical (unpaired) electrons. The molecule has 0 N–H and O–H groups in total. The molecule has 0 saturated heterocycles. The monoisotopic (exact) mass is 175 g/mol. The molecule has 0 spiro atoms. The third kappa shape index (κ3) is 111. The minimum atomic E-state index is -1.08. The molecule has 0 bridgehead atoms. The van der Waals surface area contributed by atoms with Gasteiger partial charge in [0.1, 0.15) is 0 Å². The molecule has 0 aliphatic carbocycles. The van der Waals surface area contributed by atoms with Crippen LogP contribution in [0.3, 0.4) is 0 Å². The van der Waals surface area contributed by atoms with E-state index in [0.717, 1.165) is 6.92 Å². The Morgan fingerprint density at radius 1 is 1.08 bits per heavy atom. The third-order valence-electron chi connectivity index (χ3n) is 0.957. The summed E-state index contributed by atoms with van der Waals surface area (Å²) in [5, 5.41) is 8.89. The van der Waals surface area contributed by atoms with Crippen LogP contribution in [0.2, 0.25) is 0 Å². The highest BCUT2D eigenvalue weighted by Gasteiger charge is 1.75. The lowest BCUT2D eigenvalue weighted by molar-refractivity contribution is -0.302. The van der Waals surface area contributed by atoms with E-state index in [0.29, 0.717) is 0 Å². The SMILES string of the molecule is CC.CC(=O)[O-].CCCCCC. The Balaban J connectivity index is -0.000000118. The summed E-state index contributed by atoms with van der Waals surface area (Å²) in [6, 6.07) is 0. The van der Waals surface area contributed by atoms with Crippen molar-refractivity contribution in [3.05, 3.63) is 0 Å². The van der Waals surface area contributed by atoms with Gasteiger partial charge in [0.05, 0.1) is 0 Å². The van der Waals surface area contributed by atoms with E-state index in [2.05, 4.69) is 13.8 Å². The number of aliphatic carboxylic acids is 1. The van der Waals surface area contributed by atoms with E-state index in [1.165, 1.54) is 25.7 Å². The van der Waals surface area contributed by atoms with Crippen LogP contribution >= 0.6 is 0 Å². The van der Waals surface area contributed by atoms with Crippen molar-refractivity contribution < 1.29 is 9.90 Å². The van der Waals surface area contributed by atoms with Crippen molar-refractivity contribution in [3.63, 3.8) is 0 Å². The van der Waals surface area contributed by atoms with Crippen LogP contribution in [0.15, 0.2) is 0 Å². The lowest BCUT2D eigenvalue weighted by Crippen LogP contribution is -2.16. The predicted molar refractivity (Wildman–Crippen MR) is 51.8 cm³/mol. The van der Waals surface area contributed by atoms with Crippen molar-refractivity contribution >= 4 is 5.97 Å². The van der Waals surface area contributed by atoms with Crippen molar-refractivity contribution in [2.75, 3.05) is 0 Å². The average molecular weight is 175 g/mol. The van der Waals surface area contributed by atoms with Gasteiger partial charge in [-0.3, -0.25) is 0 Å². The number of carbonyl (C=O) groups is 1. The molecule has 0 unspecified atom stereocenters. The van der Waals surface area contributed by atoms with Gasteiger partial charge in [-0.05, 0) is 6.92 Å². The Bertz CT molecular complexity index is 62.2. The summed E-state index contributed by atoms with van der Waals surface area (Å²) >= 11 is 0. The topological polar surface area (TPSA) is 40.1 Å². The van der Waals surface area contributed by atoms with Gasteiger partial charge in [-0.2, -0.15) is 0 Å². The molecule has 0 aromatic heterocycles.